The van der Waals surface area contributed by atoms with E-state index >= 15 is 0 Å². The normalized spacial score (nSPS) is 12.5. The lowest BCUT2D eigenvalue weighted by atomic mass is 10.3. The van der Waals surface area contributed by atoms with Crippen LogP contribution in [0.4, 0.5) is 5.69 Å². The molecule has 82 valence electrons. The molecule has 0 aliphatic rings. The van der Waals surface area contributed by atoms with Crippen LogP contribution in [0.2, 0.25) is 0 Å². The van der Waals surface area contributed by atoms with Gasteiger partial charge in [-0.15, -0.1) is 0 Å². The van der Waals surface area contributed by atoms with Crippen LogP contribution in [-0.4, -0.2) is 27.7 Å². The summed E-state index contributed by atoms with van der Waals surface area (Å²) in [5, 5.41) is 2.80. The average molecular weight is 227 g/mol. The van der Waals surface area contributed by atoms with Crippen molar-refractivity contribution in [2.45, 2.75) is 4.90 Å². The highest BCUT2D eigenvalue weighted by Crippen LogP contribution is 2.13. The number of nitrogens with two attached hydrogens (primary N) is 1. The van der Waals surface area contributed by atoms with Crippen LogP contribution in [0.5, 0.6) is 0 Å². The minimum atomic E-state index is -3.14. The molecule has 0 spiro atoms. The summed E-state index contributed by atoms with van der Waals surface area (Å²) in [4.78, 5) is 4.00. The second-order valence-electron chi connectivity index (χ2n) is 3.03. The van der Waals surface area contributed by atoms with Crippen molar-refractivity contribution in [2.24, 2.45) is 10.7 Å². The first-order chi connectivity index (χ1) is 6.93. The summed E-state index contributed by atoms with van der Waals surface area (Å²) in [5.74, 6) is 0.280. The maximum Gasteiger partial charge on any atom is 0.192 e. The van der Waals surface area contributed by atoms with Crippen molar-refractivity contribution < 1.29 is 8.42 Å². The highest BCUT2D eigenvalue weighted by atomic mass is 32.2. The highest BCUT2D eigenvalue weighted by Gasteiger charge is 2.05. The molecule has 1 aromatic rings. The molecule has 0 heterocycles. The Hall–Kier alpha value is -1.56. The van der Waals surface area contributed by atoms with E-state index in [0.717, 1.165) is 6.26 Å². The van der Waals surface area contributed by atoms with Gasteiger partial charge in [0.15, 0.2) is 15.8 Å². The van der Waals surface area contributed by atoms with Crippen LogP contribution in [0.1, 0.15) is 0 Å². The molecule has 15 heavy (non-hydrogen) atoms. The Morgan fingerprint density at radius 3 is 2.27 bits per heavy atom. The number of rotatable bonds is 2. The molecule has 0 saturated carbocycles. The van der Waals surface area contributed by atoms with Crippen LogP contribution in [0, 0.1) is 0 Å². The molecule has 1 rings (SSSR count). The third-order valence-electron chi connectivity index (χ3n) is 1.80. The van der Waals surface area contributed by atoms with Crippen molar-refractivity contribution in [1.29, 1.82) is 0 Å². The fraction of sp³-hybridized carbons (Fsp3) is 0.222. The molecule has 0 saturated heterocycles. The van der Waals surface area contributed by atoms with Crippen molar-refractivity contribution in [3.8, 4) is 0 Å². The number of guanidine groups is 1. The van der Waals surface area contributed by atoms with Crippen molar-refractivity contribution >= 4 is 21.5 Å². The highest BCUT2D eigenvalue weighted by molar-refractivity contribution is 7.90. The second kappa shape index (κ2) is 4.31. The van der Waals surface area contributed by atoms with E-state index in [9.17, 15) is 8.42 Å². The van der Waals surface area contributed by atoms with E-state index < -0.39 is 9.84 Å². The molecular weight excluding hydrogens is 214 g/mol. The number of hydrogen-bond donors (Lipinski definition) is 2. The summed E-state index contributed by atoms with van der Waals surface area (Å²) in [5.41, 5.74) is 6.15. The van der Waals surface area contributed by atoms with E-state index in [2.05, 4.69) is 10.3 Å². The minimum absolute atomic E-state index is 0.278. The zero-order valence-corrected chi connectivity index (χ0v) is 9.38. The molecule has 0 bridgehead atoms. The maximum atomic E-state index is 11.2. The van der Waals surface area contributed by atoms with Gasteiger partial charge in [0.1, 0.15) is 0 Å². The summed E-state index contributed by atoms with van der Waals surface area (Å²) in [6.07, 6.45) is 1.16. The van der Waals surface area contributed by atoms with E-state index in [1.165, 1.54) is 12.1 Å². The van der Waals surface area contributed by atoms with Crippen LogP contribution in [0.15, 0.2) is 34.2 Å². The molecule has 0 amide bonds. The Bertz CT molecular complexity index is 463. The number of aliphatic imine (C=N–C) groups is 1. The Kier molecular flexibility index (Phi) is 3.31. The summed E-state index contributed by atoms with van der Waals surface area (Å²) in [7, 11) is -1.58. The van der Waals surface area contributed by atoms with Crippen LogP contribution in [-0.2, 0) is 9.84 Å². The SMILES string of the molecule is CN=C(N)Nc1ccc(S(C)(=O)=O)cc1. The van der Waals surface area contributed by atoms with Gasteiger partial charge in [0.25, 0.3) is 0 Å². The third-order valence-corrected chi connectivity index (χ3v) is 2.92. The molecule has 0 fully saturated rings. The first kappa shape index (κ1) is 11.5. The number of anilines is 1. The monoisotopic (exact) mass is 227 g/mol. The van der Waals surface area contributed by atoms with E-state index in [-0.39, 0.29) is 10.9 Å². The summed E-state index contributed by atoms with van der Waals surface area (Å²) in [6.45, 7) is 0. The number of sulfone groups is 1. The van der Waals surface area contributed by atoms with Crippen molar-refractivity contribution in [2.75, 3.05) is 18.6 Å². The van der Waals surface area contributed by atoms with Gasteiger partial charge in [0.2, 0.25) is 0 Å². The smallest absolute Gasteiger partial charge is 0.192 e. The van der Waals surface area contributed by atoms with Crippen LogP contribution in [0.25, 0.3) is 0 Å². The van der Waals surface area contributed by atoms with Gasteiger partial charge in [-0.25, -0.2) is 8.42 Å². The molecule has 0 aliphatic carbocycles. The molecule has 6 heteroatoms. The van der Waals surface area contributed by atoms with Crippen LogP contribution in [0.3, 0.4) is 0 Å². The Balaban J connectivity index is 2.91. The molecule has 0 aliphatic heterocycles. The van der Waals surface area contributed by atoms with Crippen LogP contribution >= 0.6 is 0 Å². The van der Waals surface area contributed by atoms with Gasteiger partial charge < -0.3 is 11.1 Å². The fourth-order valence-corrected chi connectivity index (χ4v) is 1.62. The fourth-order valence-electron chi connectivity index (χ4n) is 0.989. The van der Waals surface area contributed by atoms with Gasteiger partial charge in [-0.05, 0) is 24.3 Å². The predicted molar refractivity (Wildman–Crippen MR) is 60.7 cm³/mol. The second-order valence-corrected chi connectivity index (χ2v) is 5.05. The maximum absolute atomic E-state index is 11.2. The summed E-state index contributed by atoms with van der Waals surface area (Å²) < 4.78 is 22.3. The molecule has 1 aromatic carbocycles. The topological polar surface area (TPSA) is 84.5 Å². The summed E-state index contributed by atoms with van der Waals surface area (Å²) >= 11 is 0. The Morgan fingerprint density at radius 1 is 1.33 bits per heavy atom. The molecule has 0 radical (unpaired) electrons. The lowest BCUT2D eigenvalue weighted by Crippen LogP contribution is -2.21. The quantitative estimate of drug-likeness (QED) is 0.567. The number of benzene rings is 1. The lowest BCUT2D eigenvalue weighted by molar-refractivity contribution is 0.602. The average Bonchev–Trinajstić information content (AvgIpc) is 2.17. The van der Waals surface area contributed by atoms with Crippen LogP contribution < -0.4 is 11.1 Å². The first-order valence-corrected chi connectivity index (χ1v) is 6.12. The predicted octanol–water partition coefficient (Wildman–Crippen LogP) is 0.446. The van der Waals surface area contributed by atoms with Gasteiger partial charge in [0, 0.05) is 19.0 Å². The zero-order valence-electron chi connectivity index (χ0n) is 8.56. The third kappa shape index (κ3) is 3.25. The molecule has 0 atom stereocenters. The lowest BCUT2D eigenvalue weighted by Gasteiger charge is -2.05. The molecule has 0 aromatic heterocycles. The van der Waals surface area contributed by atoms with E-state index in [1.54, 1.807) is 19.2 Å². The molecular formula is C9H13N3O2S. The van der Waals surface area contributed by atoms with Gasteiger partial charge >= 0.3 is 0 Å². The van der Waals surface area contributed by atoms with Crippen molar-refractivity contribution in [3.05, 3.63) is 24.3 Å². The molecule has 3 N–H and O–H groups in total. The Morgan fingerprint density at radius 2 is 1.87 bits per heavy atom. The number of hydrogen-bond acceptors (Lipinski definition) is 3. The van der Waals surface area contributed by atoms with Crippen molar-refractivity contribution in [3.63, 3.8) is 0 Å². The minimum Gasteiger partial charge on any atom is -0.370 e. The van der Waals surface area contributed by atoms with Gasteiger partial charge in [0.05, 0.1) is 4.90 Å². The Labute approximate surface area is 88.9 Å². The standard InChI is InChI=1S/C9H13N3O2S/c1-11-9(10)12-7-3-5-8(6-4-7)15(2,13)14/h3-6H,1-2H3,(H3,10,11,12). The molecule has 5 nitrogen and oxygen atoms in total. The van der Waals surface area contributed by atoms with Gasteiger partial charge in [-0.2, -0.15) is 0 Å². The van der Waals surface area contributed by atoms with E-state index in [4.69, 9.17) is 5.73 Å². The zero-order chi connectivity index (χ0) is 11.5. The van der Waals surface area contributed by atoms with E-state index in [1.807, 2.05) is 0 Å². The van der Waals surface area contributed by atoms with E-state index in [0.29, 0.717) is 5.69 Å². The largest absolute Gasteiger partial charge is 0.370 e. The first-order valence-electron chi connectivity index (χ1n) is 4.23. The number of nitrogens with zero attached hydrogens (tertiary/aromatic N) is 1. The van der Waals surface area contributed by atoms with Gasteiger partial charge in [-0.3, -0.25) is 4.99 Å². The number of nitrogens with one attached hydrogen (secondary N) is 1. The summed E-state index contributed by atoms with van der Waals surface area (Å²) in [6, 6.07) is 6.30. The van der Waals surface area contributed by atoms with Gasteiger partial charge in [-0.1, -0.05) is 0 Å². The molecule has 0 unspecified atom stereocenters. The van der Waals surface area contributed by atoms with Crippen molar-refractivity contribution in [1.82, 2.24) is 0 Å².